The highest BCUT2D eigenvalue weighted by molar-refractivity contribution is 5.93. The quantitative estimate of drug-likeness (QED) is 0.443. The average molecular weight is 501 g/mol. The molecule has 0 aliphatic heterocycles. The van der Waals surface area contributed by atoms with Crippen LogP contribution in [0, 0.1) is 0 Å². The molecular formula is C29H36N6O2. The molecule has 3 N–H and O–H groups in total. The number of benzene rings is 2. The Hall–Kier alpha value is -3.81. The first kappa shape index (κ1) is 24.9. The van der Waals surface area contributed by atoms with E-state index in [9.17, 15) is 4.79 Å². The van der Waals surface area contributed by atoms with Crippen molar-refractivity contribution in [2.75, 3.05) is 29.2 Å². The molecular weight excluding hydrogens is 464 g/mol. The molecule has 1 saturated carbocycles. The lowest BCUT2D eigenvalue weighted by molar-refractivity contribution is 0.248. The van der Waals surface area contributed by atoms with Crippen molar-refractivity contribution in [1.82, 2.24) is 9.97 Å². The molecule has 37 heavy (non-hydrogen) atoms. The van der Waals surface area contributed by atoms with Gasteiger partial charge in [-0.1, -0.05) is 30.3 Å². The largest absolute Gasteiger partial charge is 0.455 e. The van der Waals surface area contributed by atoms with Gasteiger partial charge in [-0.3, -0.25) is 4.90 Å². The van der Waals surface area contributed by atoms with Gasteiger partial charge in [-0.15, -0.1) is 0 Å². The number of ether oxygens (including phenoxy) is 1. The number of carbonyl (C=O) groups excluding carboxylic acids is 1. The molecule has 8 nitrogen and oxygen atoms in total. The van der Waals surface area contributed by atoms with E-state index in [0.717, 1.165) is 50.1 Å². The van der Waals surface area contributed by atoms with E-state index < -0.39 is 6.03 Å². The van der Waals surface area contributed by atoms with Crippen LogP contribution < -0.4 is 25.6 Å². The molecule has 1 heterocycles. The van der Waals surface area contributed by atoms with Crippen LogP contribution in [0.25, 0.3) is 0 Å². The molecule has 2 amide bonds. The standard InChI is InChI=1S/C29H36N6O2/c1-34(2)27-23-12-6-7-13-24(23)32-29(33-27)31-20-16-18-21(19-17-20)35(28(30)36)25-14-8-9-15-26(25)37-22-10-4-3-5-11-22/h3-5,8-11,14-15,20-21H,6-7,12-13,16-19H2,1-2H3,(H2,30,36)(H,31,32,33). The van der Waals surface area contributed by atoms with Crippen LogP contribution in [0.1, 0.15) is 49.8 Å². The Bertz CT molecular complexity index is 1220. The minimum Gasteiger partial charge on any atom is -0.455 e. The van der Waals surface area contributed by atoms with Crippen molar-refractivity contribution < 1.29 is 9.53 Å². The number of para-hydroxylation sites is 3. The van der Waals surface area contributed by atoms with Gasteiger partial charge in [-0.25, -0.2) is 9.78 Å². The number of nitrogens with two attached hydrogens (primary N) is 1. The second-order valence-electron chi connectivity index (χ2n) is 10.1. The Balaban J connectivity index is 1.29. The zero-order valence-corrected chi connectivity index (χ0v) is 21.7. The van der Waals surface area contributed by atoms with Gasteiger partial charge >= 0.3 is 6.03 Å². The lowest BCUT2D eigenvalue weighted by Crippen LogP contribution is -2.47. The van der Waals surface area contributed by atoms with Gasteiger partial charge in [0.05, 0.1) is 11.4 Å². The number of nitrogens with one attached hydrogen (secondary N) is 1. The highest BCUT2D eigenvalue weighted by Crippen LogP contribution is 2.37. The lowest BCUT2D eigenvalue weighted by Gasteiger charge is -2.37. The van der Waals surface area contributed by atoms with E-state index in [0.29, 0.717) is 17.4 Å². The molecule has 3 aromatic rings. The summed E-state index contributed by atoms with van der Waals surface area (Å²) in [5.41, 5.74) is 9.09. The number of urea groups is 1. The second-order valence-corrected chi connectivity index (χ2v) is 10.1. The topological polar surface area (TPSA) is 96.6 Å². The molecule has 2 aromatic carbocycles. The lowest BCUT2D eigenvalue weighted by atomic mass is 9.90. The molecule has 0 unspecified atom stereocenters. The van der Waals surface area contributed by atoms with Gasteiger partial charge in [0.1, 0.15) is 11.6 Å². The van der Waals surface area contributed by atoms with Gasteiger partial charge in [0.2, 0.25) is 5.95 Å². The maximum Gasteiger partial charge on any atom is 0.319 e. The predicted molar refractivity (Wildman–Crippen MR) is 148 cm³/mol. The molecule has 5 rings (SSSR count). The minimum absolute atomic E-state index is 0.00198. The van der Waals surface area contributed by atoms with Crippen LogP contribution in [0.3, 0.4) is 0 Å². The fourth-order valence-corrected chi connectivity index (χ4v) is 5.52. The number of nitrogens with zero attached hydrogens (tertiary/aromatic N) is 4. The number of fused-ring (bicyclic) bond motifs is 1. The average Bonchev–Trinajstić information content (AvgIpc) is 2.91. The van der Waals surface area contributed by atoms with Gasteiger partial charge in [-0.05, 0) is 75.6 Å². The molecule has 2 aliphatic rings. The molecule has 1 aromatic heterocycles. The summed E-state index contributed by atoms with van der Waals surface area (Å²) >= 11 is 0. The number of carbonyl (C=O) groups is 1. The molecule has 1 fully saturated rings. The highest BCUT2D eigenvalue weighted by Gasteiger charge is 2.31. The van der Waals surface area contributed by atoms with Gasteiger partial charge < -0.3 is 20.7 Å². The van der Waals surface area contributed by atoms with E-state index in [1.165, 1.54) is 24.1 Å². The van der Waals surface area contributed by atoms with Crippen molar-refractivity contribution in [1.29, 1.82) is 0 Å². The molecule has 8 heteroatoms. The third kappa shape index (κ3) is 5.63. The summed E-state index contributed by atoms with van der Waals surface area (Å²) in [5, 5.41) is 3.59. The Morgan fingerprint density at radius 2 is 1.65 bits per heavy atom. The first-order valence-corrected chi connectivity index (χ1v) is 13.2. The molecule has 0 bridgehead atoms. The molecule has 2 aliphatic carbocycles. The van der Waals surface area contributed by atoms with E-state index in [2.05, 4.69) is 10.2 Å². The van der Waals surface area contributed by atoms with Crippen molar-refractivity contribution in [3.63, 3.8) is 0 Å². The number of rotatable bonds is 7. The summed E-state index contributed by atoms with van der Waals surface area (Å²) in [7, 11) is 4.09. The van der Waals surface area contributed by atoms with Crippen molar-refractivity contribution in [3.8, 4) is 11.5 Å². The number of hydrogen-bond acceptors (Lipinski definition) is 6. The molecule has 0 radical (unpaired) electrons. The Morgan fingerprint density at radius 1 is 0.946 bits per heavy atom. The van der Waals surface area contributed by atoms with E-state index >= 15 is 0 Å². The number of primary amides is 1. The van der Waals surface area contributed by atoms with Gasteiger partial charge in [0, 0.05) is 31.7 Å². The van der Waals surface area contributed by atoms with Crippen molar-refractivity contribution >= 4 is 23.5 Å². The molecule has 0 spiro atoms. The third-order valence-electron chi connectivity index (χ3n) is 7.31. The monoisotopic (exact) mass is 500 g/mol. The Morgan fingerprint density at radius 3 is 2.38 bits per heavy atom. The molecule has 194 valence electrons. The minimum atomic E-state index is -0.464. The smallest absolute Gasteiger partial charge is 0.319 e. The van der Waals surface area contributed by atoms with Crippen LogP contribution in [0.5, 0.6) is 11.5 Å². The number of hydrogen-bond donors (Lipinski definition) is 2. The number of aryl methyl sites for hydroxylation is 1. The number of aromatic nitrogens is 2. The van der Waals surface area contributed by atoms with Crippen LogP contribution in [0.2, 0.25) is 0 Å². The van der Waals surface area contributed by atoms with E-state index in [-0.39, 0.29) is 12.1 Å². The van der Waals surface area contributed by atoms with Gasteiger partial charge in [-0.2, -0.15) is 4.98 Å². The zero-order chi connectivity index (χ0) is 25.8. The van der Waals surface area contributed by atoms with Crippen molar-refractivity contribution in [2.24, 2.45) is 5.73 Å². The maximum absolute atomic E-state index is 12.7. The number of anilines is 3. The normalized spacial score (nSPS) is 19.0. The zero-order valence-electron chi connectivity index (χ0n) is 21.7. The van der Waals surface area contributed by atoms with Gasteiger partial charge in [0.25, 0.3) is 0 Å². The first-order valence-electron chi connectivity index (χ1n) is 13.2. The maximum atomic E-state index is 12.7. The van der Waals surface area contributed by atoms with E-state index in [4.69, 9.17) is 20.4 Å². The summed E-state index contributed by atoms with van der Waals surface area (Å²) in [5.74, 6) is 3.07. The fourth-order valence-electron chi connectivity index (χ4n) is 5.52. The van der Waals surface area contributed by atoms with Crippen LogP contribution in [-0.2, 0) is 12.8 Å². The first-order chi connectivity index (χ1) is 18.0. The highest BCUT2D eigenvalue weighted by atomic mass is 16.5. The van der Waals surface area contributed by atoms with E-state index in [1.807, 2.05) is 68.7 Å². The predicted octanol–water partition coefficient (Wildman–Crippen LogP) is 5.52. The van der Waals surface area contributed by atoms with Crippen molar-refractivity contribution in [3.05, 3.63) is 65.9 Å². The SMILES string of the molecule is CN(C)c1nc(NC2CCC(N(C(N)=O)c3ccccc3Oc3ccccc3)CC2)nc2c1CCCC2. The second kappa shape index (κ2) is 11.1. The van der Waals surface area contributed by atoms with Crippen LogP contribution in [0.4, 0.5) is 22.2 Å². The molecule has 0 atom stereocenters. The summed E-state index contributed by atoms with van der Waals surface area (Å²) in [6, 6.07) is 17.0. The van der Waals surface area contributed by atoms with E-state index in [1.54, 1.807) is 4.90 Å². The summed E-state index contributed by atoms with van der Waals surface area (Å²) in [6.45, 7) is 0. The van der Waals surface area contributed by atoms with Crippen molar-refractivity contribution in [2.45, 2.75) is 63.5 Å². The van der Waals surface area contributed by atoms with Crippen LogP contribution >= 0.6 is 0 Å². The Kier molecular flexibility index (Phi) is 7.44. The molecule has 0 saturated heterocycles. The van der Waals surface area contributed by atoms with Gasteiger partial charge in [0.15, 0.2) is 5.75 Å². The van der Waals surface area contributed by atoms with Crippen LogP contribution in [0.15, 0.2) is 54.6 Å². The van der Waals surface area contributed by atoms with Crippen LogP contribution in [-0.4, -0.2) is 42.2 Å². The Labute approximate surface area is 218 Å². The fraction of sp³-hybridized carbons (Fsp3) is 0.414. The summed E-state index contributed by atoms with van der Waals surface area (Å²) < 4.78 is 6.13. The number of amides is 2. The summed E-state index contributed by atoms with van der Waals surface area (Å²) in [6.07, 6.45) is 7.88. The summed E-state index contributed by atoms with van der Waals surface area (Å²) in [4.78, 5) is 26.2. The third-order valence-corrected chi connectivity index (χ3v) is 7.31.